The molecule has 0 aliphatic heterocycles. The van der Waals surface area contributed by atoms with Gasteiger partial charge in [0.05, 0.1) is 0 Å². The van der Waals surface area contributed by atoms with Crippen molar-refractivity contribution >= 4 is 35.2 Å². The predicted octanol–water partition coefficient (Wildman–Crippen LogP) is 4.92. The van der Waals surface area contributed by atoms with Crippen LogP contribution in [0, 0.1) is 6.92 Å². The zero-order chi connectivity index (χ0) is 14.5. The molecule has 2 nitrogen and oxygen atoms in total. The van der Waals surface area contributed by atoms with Gasteiger partial charge in [0.15, 0.2) is 0 Å². The van der Waals surface area contributed by atoms with E-state index >= 15 is 0 Å². The van der Waals surface area contributed by atoms with E-state index in [-0.39, 0.29) is 0 Å². The first-order chi connectivity index (χ1) is 9.54. The third-order valence-corrected chi connectivity index (χ3v) is 3.13. The maximum absolute atomic E-state index is 11.7. The number of rotatable bonds is 3. The zero-order valence-corrected chi connectivity index (χ0v) is 12.3. The fourth-order valence-electron chi connectivity index (χ4n) is 1.62. The molecule has 0 unspecified atom stereocenters. The molecule has 0 saturated carbocycles. The molecule has 0 bridgehead atoms. The Bertz CT molecular complexity index is 663. The number of carbonyl (C=O) groups excluding carboxylic acids is 1. The van der Waals surface area contributed by atoms with Crippen LogP contribution in [0.4, 0.5) is 0 Å². The summed E-state index contributed by atoms with van der Waals surface area (Å²) >= 11 is 11.8. The Morgan fingerprint density at radius 1 is 1.15 bits per heavy atom. The van der Waals surface area contributed by atoms with Crippen LogP contribution >= 0.6 is 23.2 Å². The SMILES string of the molecule is Cc1cccc(OC(=O)C=Cc2ccc(Cl)cc2Cl)c1. The lowest BCUT2D eigenvalue weighted by Gasteiger charge is -2.02. The van der Waals surface area contributed by atoms with Crippen molar-refractivity contribution in [3.8, 4) is 5.75 Å². The van der Waals surface area contributed by atoms with Gasteiger partial charge in [0.1, 0.15) is 5.75 Å². The summed E-state index contributed by atoms with van der Waals surface area (Å²) in [5, 5.41) is 1.03. The highest BCUT2D eigenvalue weighted by molar-refractivity contribution is 6.35. The maximum atomic E-state index is 11.7. The van der Waals surface area contributed by atoms with Gasteiger partial charge in [0, 0.05) is 16.1 Å². The van der Waals surface area contributed by atoms with Crippen molar-refractivity contribution in [2.75, 3.05) is 0 Å². The van der Waals surface area contributed by atoms with Gasteiger partial charge in [0.25, 0.3) is 0 Å². The molecule has 102 valence electrons. The molecule has 0 saturated heterocycles. The summed E-state index contributed by atoms with van der Waals surface area (Å²) < 4.78 is 5.19. The smallest absolute Gasteiger partial charge is 0.336 e. The monoisotopic (exact) mass is 306 g/mol. The van der Waals surface area contributed by atoms with Gasteiger partial charge in [0.2, 0.25) is 0 Å². The second kappa shape index (κ2) is 6.60. The van der Waals surface area contributed by atoms with Crippen molar-refractivity contribution in [2.24, 2.45) is 0 Å². The number of halogens is 2. The number of carbonyl (C=O) groups is 1. The first kappa shape index (κ1) is 14.6. The minimum Gasteiger partial charge on any atom is -0.423 e. The molecule has 0 aliphatic carbocycles. The minimum absolute atomic E-state index is 0.457. The molecular formula is C16H12Cl2O2. The van der Waals surface area contributed by atoms with E-state index < -0.39 is 5.97 Å². The highest BCUT2D eigenvalue weighted by Gasteiger charge is 2.02. The molecule has 0 radical (unpaired) electrons. The molecule has 0 spiro atoms. The van der Waals surface area contributed by atoms with Crippen molar-refractivity contribution in [3.05, 3.63) is 69.7 Å². The lowest BCUT2D eigenvalue weighted by atomic mass is 10.2. The molecule has 0 aromatic heterocycles. The number of aryl methyl sites for hydroxylation is 1. The molecule has 4 heteroatoms. The summed E-state index contributed by atoms with van der Waals surface area (Å²) in [5.41, 5.74) is 1.73. The van der Waals surface area contributed by atoms with E-state index in [2.05, 4.69) is 0 Å². The highest BCUT2D eigenvalue weighted by atomic mass is 35.5. The molecule has 0 amide bonds. The van der Waals surface area contributed by atoms with Gasteiger partial charge in [-0.2, -0.15) is 0 Å². The molecule has 0 N–H and O–H groups in total. The van der Waals surface area contributed by atoms with E-state index in [0.717, 1.165) is 5.56 Å². The van der Waals surface area contributed by atoms with E-state index in [1.54, 1.807) is 36.4 Å². The van der Waals surface area contributed by atoms with Gasteiger partial charge in [-0.25, -0.2) is 4.79 Å². The van der Waals surface area contributed by atoms with E-state index in [9.17, 15) is 4.79 Å². The number of ether oxygens (including phenoxy) is 1. The molecule has 0 fully saturated rings. The summed E-state index contributed by atoms with van der Waals surface area (Å²) in [5.74, 6) is 0.0588. The molecule has 20 heavy (non-hydrogen) atoms. The van der Waals surface area contributed by atoms with E-state index in [1.807, 2.05) is 19.1 Å². The third kappa shape index (κ3) is 4.12. The number of hydrogen-bond donors (Lipinski definition) is 0. The largest absolute Gasteiger partial charge is 0.423 e. The van der Waals surface area contributed by atoms with Crippen LogP contribution < -0.4 is 4.74 Å². The van der Waals surface area contributed by atoms with E-state index in [1.165, 1.54) is 6.08 Å². The average Bonchev–Trinajstić information content (AvgIpc) is 2.37. The summed E-state index contributed by atoms with van der Waals surface area (Å²) in [7, 11) is 0. The lowest BCUT2D eigenvalue weighted by Crippen LogP contribution is -2.03. The van der Waals surface area contributed by atoms with Gasteiger partial charge in [-0.3, -0.25) is 0 Å². The van der Waals surface area contributed by atoms with Crippen LogP contribution in [0.25, 0.3) is 6.08 Å². The minimum atomic E-state index is -0.457. The van der Waals surface area contributed by atoms with E-state index in [4.69, 9.17) is 27.9 Å². The first-order valence-corrected chi connectivity index (χ1v) is 6.72. The summed E-state index contributed by atoms with van der Waals surface area (Å²) in [4.78, 5) is 11.7. The van der Waals surface area contributed by atoms with E-state index in [0.29, 0.717) is 21.4 Å². The second-order valence-corrected chi connectivity index (χ2v) is 5.08. The molecule has 2 rings (SSSR count). The van der Waals surface area contributed by atoms with Gasteiger partial charge < -0.3 is 4.74 Å². The van der Waals surface area contributed by atoms with Crippen LogP contribution in [-0.2, 0) is 4.79 Å². The molecule has 2 aromatic rings. The number of esters is 1. The summed E-state index contributed by atoms with van der Waals surface area (Å²) in [6, 6.07) is 12.3. The molecule has 0 aliphatic rings. The van der Waals surface area contributed by atoms with Crippen molar-refractivity contribution in [2.45, 2.75) is 6.92 Å². The first-order valence-electron chi connectivity index (χ1n) is 5.96. The second-order valence-electron chi connectivity index (χ2n) is 4.24. The number of benzene rings is 2. The summed E-state index contributed by atoms with van der Waals surface area (Å²) in [6.45, 7) is 1.93. The van der Waals surface area contributed by atoms with Gasteiger partial charge in [-0.05, 0) is 48.4 Å². The highest BCUT2D eigenvalue weighted by Crippen LogP contribution is 2.22. The topological polar surface area (TPSA) is 26.3 Å². The Morgan fingerprint density at radius 3 is 2.65 bits per heavy atom. The standard InChI is InChI=1S/C16H12Cl2O2/c1-11-3-2-4-14(9-11)20-16(19)8-6-12-5-7-13(17)10-15(12)18/h2-10H,1H3. The van der Waals surface area contributed by atoms with Crippen molar-refractivity contribution in [3.63, 3.8) is 0 Å². The van der Waals surface area contributed by atoms with Crippen molar-refractivity contribution in [1.29, 1.82) is 0 Å². The normalized spacial score (nSPS) is 10.8. The lowest BCUT2D eigenvalue weighted by molar-refractivity contribution is -0.128. The van der Waals surface area contributed by atoms with Gasteiger partial charge in [-0.1, -0.05) is 41.4 Å². The Morgan fingerprint density at radius 2 is 1.95 bits per heavy atom. The molecule has 0 atom stereocenters. The van der Waals surface area contributed by atoms with Crippen molar-refractivity contribution < 1.29 is 9.53 Å². The zero-order valence-electron chi connectivity index (χ0n) is 10.8. The fourth-order valence-corrected chi connectivity index (χ4v) is 2.09. The fraction of sp³-hybridized carbons (Fsp3) is 0.0625. The van der Waals surface area contributed by atoms with Crippen LogP contribution in [0.5, 0.6) is 5.75 Å². The maximum Gasteiger partial charge on any atom is 0.336 e. The Labute approximate surface area is 127 Å². The number of hydrogen-bond acceptors (Lipinski definition) is 2. The summed E-state index contributed by atoms with van der Waals surface area (Å²) in [6.07, 6.45) is 2.92. The van der Waals surface area contributed by atoms with Crippen LogP contribution in [0.2, 0.25) is 10.0 Å². The van der Waals surface area contributed by atoms with Gasteiger partial charge >= 0.3 is 5.97 Å². The van der Waals surface area contributed by atoms with Crippen LogP contribution in [-0.4, -0.2) is 5.97 Å². The molecule has 0 heterocycles. The van der Waals surface area contributed by atoms with Crippen LogP contribution in [0.15, 0.2) is 48.5 Å². The Hall–Kier alpha value is -1.77. The Kier molecular flexibility index (Phi) is 4.83. The Balaban J connectivity index is 2.06. The van der Waals surface area contributed by atoms with Gasteiger partial charge in [-0.15, -0.1) is 0 Å². The van der Waals surface area contributed by atoms with Crippen LogP contribution in [0.1, 0.15) is 11.1 Å². The third-order valence-electron chi connectivity index (χ3n) is 2.57. The molecular weight excluding hydrogens is 295 g/mol. The van der Waals surface area contributed by atoms with Crippen LogP contribution in [0.3, 0.4) is 0 Å². The average molecular weight is 307 g/mol. The van der Waals surface area contributed by atoms with Crippen molar-refractivity contribution in [1.82, 2.24) is 0 Å². The predicted molar refractivity (Wildman–Crippen MR) is 82.3 cm³/mol. The quantitative estimate of drug-likeness (QED) is 0.457. The molecule has 2 aromatic carbocycles.